The molecule has 110 valence electrons. The summed E-state index contributed by atoms with van der Waals surface area (Å²) in [6.45, 7) is 2.24. The zero-order valence-electron chi connectivity index (χ0n) is 12.5. The molecule has 3 rings (SSSR count). The van der Waals surface area contributed by atoms with Gasteiger partial charge >= 0.3 is 0 Å². The molecule has 1 fully saturated rings. The SMILES string of the molecule is Cc1ccc(C(NC(CO)c2ccccc2)C2CC2)cc1. The van der Waals surface area contributed by atoms with Crippen LogP contribution in [0.5, 0.6) is 0 Å². The summed E-state index contributed by atoms with van der Waals surface area (Å²) in [5.41, 5.74) is 3.77. The number of hydrogen-bond donors (Lipinski definition) is 2. The normalized spacial score (nSPS) is 17.4. The van der Waals surface area contributed by atoms with Gasteiger partial charge in [0.2, 0.25) is 0 Å². The van der Waals surface area contributed by atoms with Crippen molar-refractivity contribution in [1.29, 1.82) is 0 Å². The first-order valence-electron chi connectivity index (χ1n) is 7.76. The molecule has 2 nitrogen and oxygen atoms in total. The van der Waals surface area contributed by atoms with Gasteiger partial charge < -0.3 is 10.4 Å². The van der Waals surface area contributed by atoms with Gasteiger partial charge in [0.25, 0.3) is 0 Å². The number of benzene rings is 2. The second kappa shape index (κ2) is 6.42. The molecule has 2 N–H and O–H groups in total. The summed E-state index contributed by atoms with van der Waals surface area (Å²) < 4.78 is 0. The van der Waals surface area contributed by atoms with E-state index in [2.05, 4.69) is 48.6 Å². The van der Waals surface area contributed by atoms with Crippen LogP contribution < -0.4 is 5.32 Å². The highest BCUT2D eigenvalue weighted by atomic mass is 16.3. The molecule has 0 bridgehead atoms. The molecule has 1 aliphatic rings. The fraction of sp³-hybridized carbons (Fsp3) is 0.368. The maximum atomic E-state index is 9.76. The van der Waals surface area contributed by atoms with E-state index in [0.717, 1.165) is 5.56 Å². The maximum absolute atomic E-state index is 9.76. The second-order valence-corrected chi connectivity index (χ2v) is 6.04. The zero-order chi connectivity index (χ0) is 14.7. The Bertz CT molecular complexity index is 560. The molecule has 0 radical (unpaired) electrons. The van der Waals surface area contributed by atoms with E-state index in [1.807, 2.05) is 18.2 Å². The molecule has 0 spiro atoms. The lowest BCUT2D eigenvalue weighted by atomic mass is 9.98. The van der Waals surface area contributed by atoms with Crippen LogP contribution >= 0.6 is 0 Å². The van der Waals surface area contributed by atoms with Crippen molar-refractivity contribution in [2.24, 2.45) is 5.92 Å². The molecular formula is C19H23NO. The Morgan fingerprint density at radius 1 is 1.00 bits per heavy atom. The topological polar surface area (TPSA) is 32.3 Å². The summed E-state index contributed by atoms with van der Waals surface area (Å²) in [6.07, 6.45) is 2.55. The van der Waals surface area contributed by atoms with E-state index >= 15 is 0 Å². The Hall–Kier alpha value is -1.64. The van der Waals surface area contributed by atoms with Gasteiger partial charge in [0.05, 0.1) is 12.6 Å². The standard InChI is InChI=1S/C19H23NO/c1-14-7-9-16(10-8-14)19(17-11-12-17)20-18(13-21)15-5-3-2-4-6-15/h2-10,17-21H,11-13H2,1H3. The molecule has 1 saturated carbocycles. The molecule has 2 aromatic carbocycles. The minimum absolute atomic E-state index is 0.00176. The molecule has 0 aromatic heterocycles. The van der Waals surface area contributed by atoms with E-state index in [4.69, 9.17) is 0 Å². The highest BCUT2D eigenvalue weighted by Gasteiger charge is 2.33. The van der Waals surface area contributed by atoms with Crippen molar-refractivity contribution >= 4 is 0 Å². The van der Waals surface area contributed by atoms with E-state index in [0.29, 0.717) is 12.0 Å². The minimum Gasteiger partial charge on any atom is -0.394 e. The van der Waals surface area contributed by atoms with Crippen molar-refractivity contribution in [3.8, 4) is 0 Å². The van der Waals surface area contributed by atoms with Crippen LogP contribution in [0.3, 0.4) is 0 Å². The van der Waals surface area contributed by atoms with Gasteiger partial charge in [-0.2, -0.15) is 0 Å². The Morgan fingerprint density at radius 3 is 2.24 bits per heavy atom. The molecular weight excluding hydrogens is 258 g/mol. The first-order valence-corrected chi connectivity index (χ1v) is 7.76. The largest absolute Gasteiger partial charge is 0.394 e. The number of nitrogens with one attached hydrogen (secondary N) is 1. The highest BCUT2D eigenvalue weighted by molar-refractivity contribution is 5.27. The first kappa shape index (κ1) is 14.3. The van der Waals surface area contributed by atoms with E-state index in [-0.39, 0.29) is 12.6 Å². The summed E-state index contributed by atoms with van der Waals surface area (Å²) in [4.78, 5) is 0. The summed E-state index contributed by atoms with van der Waals surface area (Å²) in [6, 6.07) is 19.3. The lowest BCUT2D eigenvalue weighted by Crippen LogP contribution is -2.30. The third-order valence-electron chi connectivity index (χ3n) is 4.30. The summed E-state index contributed by atoms with van der Waals surface area (Å²) in [5.74, 6) is 0.700. The van der Waals surface area contributed by atoms with E-state index < -0.39 is 0 Å². The van der Waals surface area contributed by atoms with Crippen LogP contribution in [0.2, 0.25) is 0 Å². The molecule has 21 heavy (non-hydrogen) atoms. The van der Waals surface area contributed by atoms with Crippen molar-refractivity contribution in [3.05, 3.63) is 71.3 Å². The average molecular weight is 281 g/mol. The fourth-order valence-corrected chi connectivity index (χ4v) is 2.86. The molecule has 2 unspecified atom stereocenters. The minimum atomic E-state index is -0.00176. The number of aliphatic hydroxyl groups excluding tert-OH is 1. The summed E-state index contributed by atoms with van der Waals surface area (Å²) in [7, 11) is 0. The highest BCUT2D eigenvalue weighted by Crippen LogP contribution is 2.42. The number of rotatable bonds is 6. The van der Waals surface area contributed by atoms with Gasteiger partial charge in [0.15, 0.2) is 0 Å². The van der Waals surface area contributed by atoms with Crippen molar-refractivity contribution < 1.29 is 5.11 Å². The van der Waals surface area contributed by atoms with Crippen LogP contribution in [0.25, 0.3) is 0 Å². The van der Waals surface area contributed by atoms with Crippen molar-refractivity contribution in [1.82, 2.24) is 5.32 Å². The van der Waals surface area contributed by atoms with Gasteiger partial charge in [0, 0.05) is 6.04 Å². The van der Waals surface area contributed by atoms with Crippen molar-refractivity contribution in [3.63, 3.8) is 0 Å². The molecule has 2 heteroatoms. The van der Waals surface area contributed by atoms with Crippen LogP contribution in [-0.2, 0) is 0 Å². The van der Waals surface area contributed by atoms with E-state index in [1.165, 1.54) is 24.0 Å². The number of hydrogen-bond acceptors (Lipinski definition) is 2. The predicted octanol–water partition coefficient (Wildman–Crippen LogP) is 3.77. The van der Waals surface area contributed by atoms with Crippen LogP contribution in [0, 0.1) is 12.8 Å². The second-order valence-electron chi connectivity index (χ2n) is 6.04. The van der Waals surface area contributed by atoms with Gasteiger partial charge in [-0.25, -0.2) is 0 Å². The van der Waals surface area contributed by atoms with Crippen molar-refractivity contribution in [2.45, 2.75) is 31.8 Å². The fourth-order valence-electron chi connectivity index (χ4n) is 2.86. The number of aryl methyl sites for hydroxylation is 1. The predicted molar refractivity (Wildman–Crippen MR) is 86.0 cm³/mol. The lowest BCUT2D eigenvalue weighted by molar-refractivity contribution is 0.228. The average Bonchev–Trinajstić information content (AvgIpc) is 3.35. The molecule has 0 heterocycles. The molecule has 2 aromatic rings. The van der Waals surface area contributed by atoms with Crippen LogP contribution in [0.15, 0.2) is 54.6 Å². The Balaban J connectivity index is 1.80. The van der Waals surface area contributed by atoms with Crippen LogP contribution in [0.1, 0.15) is 41.6 Å². The monoisotopic (exact) mass is 281 g/mol. The molecule has 0 saturated heterocycles. The Morgan fingerprint density at radius 2 is 1.67 bits per heavy atom. The summed E-state index contributed by atoms with van der Waals surface area (Å²) >= 11 is 0. The van der Waals surface area contributed by atoms with E-state index in [9.17, 15) is 5.11 Å². The van der Waals surface area contributed by atoms with Gasteiger partial charge in [-0.15, -0.1) is 0 Å². The van der Waals surface area contributed by atoms with Gasteiger partial charge in [0.1, 0.15) is 0 Å². The van der Waals surface area contributed by atoms with Gasteiger partial charge in [-0.1, -0.05) is 60.2 Å². The van der Waals surface area contributed by atoms with Crippen molar-refractivity contribution in [2.75, 3.05) is 6.61 Å². The molecule has 2 atom stereocenters. The molecule has 1 aliphatic carbocycles. The smallest absolute Gasteiger partial charge is 0.0626 e. The number of aliphatic hydroxyl groups is 1. The zero-order valence-corrected chi connectivity index (χ0v) is 12.5. The lowest BCUT2D eigenvalue weighted by Gasteiger charge is -2.25. The maximum Gasteiger partial charge on any atom is 0.0626 e. The first-order chi connectivity index (χ1) is 10.3. The third kappa shape index (κ3) is 3.52. The summed E-state index contributed by atoms with van der Waals surface area (Å²) in [5, 5.41) is 13.4. The van der Waals surface area contributed by atoms with Gasteiger partial charge in [-0.05, 0) is 36.8 Å². The van der Waals surface area contributed by atoms with Crippen LogP contribution in [0.4, 0.5) is 0 Å². The van der Waals surface area contributed by atoms with E-state index in [1.54, 1.807) is 0 Å². The molecule has 0 aliphatic heterocycles. The van der Waals surface area contributed by atoms with Crippen LogP contribution in [-0.4, -0.2) is 11.7 Å². The Kier molecular flexibility index (Phi) is 4.37. The Labute approximate surface area is 126 Å². The van der Waals surface area contributed by atoms with Gasteiger partial charge in [-0.3, -0.25) is 0 Å². The third-order valence-corrected chi connectivity index (χ3v) is 4.30. The molecule has 0 amide bonds. The quantitative estimate of drug-likeness (QED) is 0.845.